The molecule has 0 heterocycles. The van der Waals surface area contributed by atoms with E-state index in [-0.39, 0.29) is 0 Å². The molecule has 2 rings (SSSR count). The first-order valence-corrected chi connectivity index (χ1v) is 5.88. The summed E-state index contributed by atoms with van der Waals surface area (Å²) in [6, 6.07) is 6.01. The van der Waals surface area contributed by atoms with Gasteiger partial charge in [0.25, 0.3) is 0 Å². The average Bonchev–Trinajstić information content (AvgIpc) is 2.72. The Hall–Kier alpha value is -1.31. The summed E-state index contributed by atoms with van der Waals surface area (Å²) in [5.41, 5.74) is 2.74. The lowest BCUT2D eigenvalue weighted by Gasteiger charge is -2.27. The molecule has 2 heteroatoms. The largest absolute Gasteiger partial charge is 0.481 e. The van der Waals surface area contributed by atoms with Gasteiger partial charge < -0.3 is 5.11 Å². The zero-order chi connectivity index (χ0) is 11.8. The van der Waals surface area contributed by atoms with Crippen molar-refractivity contribution in [2.75, 3.05) is 0 Å². The molecule has 0 unspecified atom stereocenters. The molecule has 0 bridgehead atoms. The normalized spacial score (nSPS) is 18.6. The van der Waals surface area contributed by atoms with Gasteiger partial charge in [0.15, 0.2) is 0 Å². The summed E-state index contributed by atoms with van der Waals surface area (Å²) in [5, 5.41) is 9.53. The van der Waals surface area contributed by atoms with Crippen molar-refractivity contribution in [3.63, 3.8) is 0 Å². The van der Waals surface area contributed by atoms with Crippen LogP contribution in [0.25, 0.3) is 0 Å². The van der Waals surface area contributed by atoms with E-state index in [1.54, 1.807) is 0 Å². The number of hydrogen-bond donors (Lipinski definition) is 1. The number of hydrogen-bond acceptors (Lipinski definition) is 1. The van der Waals surface area contributed by atoms with E-state index in [9.17, 15) is 9.90 Å². The van der Waals surface area contributed by atoms with E-state index in [1.165, 1.54) is 5.56 Å². The Morgan fingerprint density at radius 2 is 1.88 bits per heavy atom. The maximum Gasteiger partial charge on any atom is 0.314 e. The van der Waals surface area contributed by atoms with Crippen LogP contribution in [-0.4, -0.2) is 11.1 Å². The number of aliphatic carboxylic acids is 1. The van der Waals surface area contributed by atoms with Crippen molar-refractivity contribution in [1.82, 2.24) is 0 Å². The maximum absolute atomic E-state index is 11.6. The molecule has 0 saturated heterocycles. The van der Waals surface area contributed by atoms with Crippen molar-refractivity contribution in [2.24, 2.45) is 0 Å². The SMILES string of the molecule is Cc1cccc(C2(C(=O)O)CCCC2)c1C. The molecule has 0 atom stereocenters. The van der Waals surface area contributed by atoms with E-state index >= 15 is 0 Å². The minimum absolute atomic E-state index is 0.615. The molecule has 1 saturated carbocycles. The minimum Gasteiger partial charge on any atom is -0.481 e. The Balaban J connectivity index is 2.56. The molecule has 86 valence electrons. The second-order valence-corrected chi connectivity index (χ2v) is 4.84. The summed E-state index contributed by atoms with van der Waals surface area (Å²) in [5.74, 6) is -0.654. The van der Waals surface area contributed by atoms with Gasteiger partial charge in [0.2, 0.25) is 0 Å². The Morgan fingerprint density at radius 1 is 1.25 bits per heavy atom. The Kier molecular flexibility index (Phi) is 2.75. The van der Waals surface area contributed by atoms with Crippen LogP contribution in [-0.2, 0) is 10.2 Å². The van der Waals surface area contributed by atoms with Crippen LogP contribution < -0.4 is 0 Å². The topological polar surface area (TPSA) is 37.3 Å². The van der Waals surface area contributed by atoms with Gasteiger partial charge in [-0.3, -0.25) is 4.79 Å². The summed E-state index contributed by atoms with van der Waals surface area (Å²) in [6.45, 7) is 4.08. The van der Waals surface area contributed by atoms with Gasteiger partial charge in [-0.25, -0.2) is 0 Å². The molecule has 0 radical (unpaired) electrons. The van der Waals surface area contributed by atoms with Crippen molar-refractivity contribution in [2.45, 2.75) is 44.9 Å². The first-order valence-electron chi connectivity index (χ1n) is 5.88. The van der Waals surface area contributed by atoms with Crippen LogP contribution in [0.5, 0.6) is 0 Å². The van der Waals surface area contributed by atoms with Gasteiger partial charge >= 0.3 is 5.97 Å². The van der Waals surface area contributed by atoms with E-state index in [1.807, 2.05) is 32.0 Å². The molecule has 0 aromatic heterocycles. The first kappa shape index (κ1) is 11.2. The number of carboxylic acids is 1. The zero-order valence-electron chi connectivity index (χ0n) is 9.92. The van der Waals surface area contributed by atoms with Gasteiger partial charge in [0.1, 0.15) is 0 Å². The summed E-state index contributed by atoms with van der Waals surface area (Å²) in [6.07, 6.45) is 3.62. The van der Waals surface area contributed by atoms with Gasteiger partial charge in [-0.15, -0.1) is 0 Å². The lowest BCUT2D eigenvalue weighted by molar-refractivity contribution is -0.143. The molecule has 1 fully saturated rings. The number of carbonyl (C=O) groups is 1. The smallest absolute Gasteiger partial charge is 0.314 e. The number of carboxylic acid groups (broad SMARTS) is 1. The third kappa shape index (κ3) is 1.53. The molecule has 1 aromatic carbocycles. The highest BCUT2D eigenvalue weighted by Crippen LogP contribution is 2.43. The fourth-order valence-electron chi connectivity index (χ4n) is 2.85. The van der Waals surface area contributed by atoms with Crippen LogP contribution >= 0.6 is 0 Å². The summed E-state index contributed by atoms with van der Waals surface area (Å²) in [4.78, 5) is 11.6. The van der Waals surface area contributed by atoms with Crippen LogP contribution in [0.2, 0.25) is 0 Å². The first-order chi connectivity index (χ1) is 7.58. The molecule has 1 aliphatic carbocycles. The highest BCUT2D eigenvalue weighted by Gasteiger charge is 2.43. The summed E-state index contributed by atoms with van der Waals surface area (Å²) >= 11 is 0. The van der Waals surface area contributed by atoms with Gasteiger partial charge in [0.05, 0.1) is 5.41 Å². The zero-order valence-corrected chi connectivity index (χ0v) is 9.92. The van der Waals surface area contributed by atoms with Crippen LogP contribution in [0.4, 0.5) is 0 Å². The summed E-state index contributed by atoms with van der Waals surface area (Å²) in [7, 11) is 0. The van der Waals surface area contributed by atoms with Crippen LogP contribution in [0.3, 0.4) is 0 Å². The molecule has 2 nitrogen and oxygen atoms in total. The van der Waals surface area contributed by atoms with Gasteiger partial charge in [-0.2, -0.15) is 0 Å². The molecule has 1 aromatic rings. The monoisotopic (exact) mass is 218 g/mol. The van der Waals surface area contributed by atoms with Gasteiger partial charge in [-0.1, -0.05) is 31.0 Å². The van der Waals surface area contributed by atoms with Crippen LogP contribution in [0.1, 0.15) is 42.4 Å². The fourth-order valence-corrected chi connectivity index (χ4v) is 2.85. The number of aryl methyl sites for hydroxylation is 1. The molecular formula is C14H18O2. The molecule has 0 aliphatic heterocycles. The Morgan fingerprint density at radius 3 is 2.44 bits per heavy atom. The summed E-state index contributed by atoms with van der Waals surface area (Å²) < 4.78 is 0. The molecule has 0 spiro atoms. The molecule has 1 aliphatic rings. The van der Waals surface area contributed by atoms with Crippen molar-refractivity contribution < 1.29 is 9.90 Å². The minimum atomic E-state index is -0.654. The van der Waals surface area contributed by atoms with Crippen molar-refractivity contribution in [3.8, 4) is 0 Å². The lowest BCUT2D eigenvalue weighted by Crippen LogP contribution is -2.33. The lowest BCUT2D eigenvalue weighted by atomic mass is 9.76. The quantitative estimate of drug-likeness (QED) is 0.827. The van der Waals surface area contributed by atoms with E-state index in [0.29, 0.717) is 0 Å². The number of benzene rings is 1. The predicted molar refractivity (Wildman–Crippen MR) is 63.7 cm³/mol. The third-order valence-electron chi connectivity index (χ3n) is 3.99. The van der Waals surface area contributed by atoms with E-state index in [4.69, 9.17) is 0 Å². The number of rotatable bonds is 2. The fraction of sp³-hybridized carbons (Fsp3) is 0.500. The second kappa shape index (κ2) is 3.93. The van der Waals surface area contributed by atoms with Gasteiger partial charge in [0, 0.05) is 0 Å². The third-order valence-corrected chi connectivity index (χ3v) is 3.99. The van der Waals surface area contributed by atoms with E-state index in [0.717, 1.165) is 36.8 Å². The van der Waals surface area contributed by atoms with Crippen molar-refractivity contribution in [3.05, 3.63) is 34.9 Å². The van der Waals surface area contributed by atoms with Crippen LogP contribution in [0, 0.1) is 13.8 Å². The van der Waals surface area contributed by atoms with E-state index in [2.05, 4.69) is 0 Å². The molecule has 16 heavy (non-hydrogen) atoms. The molecule has 0 amide bonds. The van der Waals surface area contributed by atoms with Gasteiger partial charge in [-0.05, 0) is 43.4 Å². The predicted octanol–water partition coefficient (Wildman–Crippen LogP) is 3.20. The Bertz CT molecular complexity index is 415. The Labute approximate surface area is 96.3 Å². The van der Waals surface area contributed by atoms with Crippen LogP contribution in [0.15, 0.2) is 18.2 Å². The average molecular weight is 218 g/mol. The highest BCUT2D eigenvalue weighted by atomic mass is 16.4. The molecular weight excluding hydrogens is 200 g/mol. The highest BCUT2D eigenvalue weighted by molar-refractivity contribution is 5.82. The molecule has 1 N–H and O–H groups in total. The standard InChI is InChI=1S/C14H18O2/c1-10-6-5-7-12(11(10)2)14(13(15)16)8-3-4-9-14/h5-7H,3-4,8-9H2,1-2H3,(H,15,16). The second-order valence-electron chi connectivity index (χ2n) is 4.84. The maximum atomic E-state index is 11.6. The van der Waals surface area contributed by atoms with Crippen molar-refractivity contribution in [1.29, 1.82) is 0 Å². The van der Waals surface area contributed by atoms with E-state index < -0.39 is 11.4 Å². The van der Waals surface area contributed by atoms with Crippen molar-refractivity contribution >= 4 is 5.97 Å².